The summed E-state index contributed by atoms with van der Waals surface area (Å²) < 4.78 is 11.1. The lowest BCUT2D eigenvalue weighted by molar-refractivity contribution is 0.00191. The Balaban J connectivity index is 2.05. The molecule has 0 saturated carbocycles. The smallest absolute Gasteiger partial charge is 0.255 e. The molecule has 0 bridgehead atoms. The van der Waals surface area contributed by atoms with Crippen LogP contribution >= 0.6 is 0 Å². The lowest BCUT2D eigenvalue weighted by Crippen LogP contribution is -2.52. The van der Waals surface area contributed by atoms with Crippen molar-refractivity contribution < 1.29 is 14.3 Å². The van der Waals surface area contributed by atoms with E-state index in [4.69, 9.17) is 9.47 Å². The lowest BCUT2D eigenvalue weighted by Gasteiger charge is -2.38. The van der Waals surface area contributed by atoms with Gasteiger partial charge in [0.2, 0.25) is 0 Å². The Hall–Kier alpha value is -1.59. The first-order valence-corrected chi connectivity index (χ1v) is 9.53. The maximum atomic E-state index is 12.7. The van der Waals surface area contributed by atoms with Crippen LogP contribution in [0.3, 0.4) is 0 Å². The summed E-state index contributed by atoms with van der Waals surface area (Å²) in [4.78, 5) is 15.2. The average molecular weight is 348 g/mol. The summed E-state index contributed by atoms with van der Waals surface area (Å²) in [5, 5.41) is 3.14. The van der Waals surface area contributed by atoms with Gasteiger partial charge < -0.3 is 14.8 Å². The lowest BCUT2D eigenvalue weighted by atomic mass is 9.92. The zero-order valence-electron chi connectivity index (χ0n) is 15.8. The monoisotopic (exact) mass is 348 g/mol. The molecule has 0 aromatic heterocycles. The second kappa shape index (κ2) is 10.4. The number of benzene rings is 1. The summed E-state index contributed by atoms with van der Waals surface area (Å²) in [6, 6.07) is 7.78. The standard InChI is InChI=1S/C20H32N2O3/c1-4-16(5-2)18(22-11-13-24-14-12-22)15-21-20(23)17-9-7-8-10-19(17)25-6-3/h7-10,16,18H,4-6,11-15H2,1-3H3,(H,21,23). The van der Waals surface area contributed by atoms with E-state index in [9.17, 15) is 4.79 Å². The van der Waals surface area contributed by atoms with Crippen LogP contribution in [0.15, 0.2) is 24.3 Å². The molecule has 5 heteroatoms. The fourth-order valence-electron chi connectivity index (χ4n) is 3.56. The summed E-state index contributed by atoms with van der Waals surface area (Å²) in [6.45, 7) is 11.0. The molecule has 1 aliphatic heterocycles. The zero-order chi connectivity index (χ0) is 18.1. The Kier molecular flexibility index (Phi) is 8.22. The van der Waals surface area contributed by atoms with Gasteiger partial charge in [-0.1, -0.05) is 38.8 Å². The Morgan fingerprint density at radius 2 is 1.88 bits per heavy atom. The third kappa shape index (κ3) is 5.44. The molecule has 0 radical (unpaired) electrons. The minimum absolute atomic E-state index is 0.0618. The molecule has 140 valence electrons. The highest BCUT2D eigenvalue weighted by Crippen LogP contribution is 2.21. The Labute approximate surface area is 151 Å². The molecule has 2 rings (SSSR count). The molecule has 1 amide bonds. The predicted octanol–water partition coefficient (Wildman–Crippen LogP) is 2.95. The van der Waals surface area contributed by atoms with Gasteiger partial charge in [-0.2, -0.15) is 0 Å². The molecule has 1 aromatic rings. The molecule has 1 saturated heterocycles. The number of para-hydroxylation sites is 1. The van der Waals surface area contributed by atoms with Gasteiger partial charge in [0, 0.05) is 25.7 Å². The number of hydrogen-bond donors (Lipinski definition) is 1. The first kappa shape index (κ1) is 19.7. The van der Waals surface area contributed by atoms with Crippen LogP contribution in [-0.2, 0) is 4.74 Å². The second-order valence-corrected chi connectivity index (χ2v) is 6.43. The number of rotatable bonds is 9. The molecule has 0 spiro atoms. The molecule has 1 aromatic carbocycles. The van der Waals surface area contributed by atoms with Gasteiger partial charge in [-0.05, 0) is 25.0 Å². The number of carbonyl (C=O) groups excluding carboxylic acids is 1. The van der Waals surface area contributed by atoms with Gasteiger partial charge in [-0.15, -0.1) is 0 Å². The van der Waals surface area contributed by atoms with Crippen molar-refractivity contribution in [3.8, 4) is 5.75 Å². The van der Waals surface area contributed by atoms with Crippen LogP contribution in [0.4, 0.5) is 0 Å². The molecule has 1 unspecified atom stereocenters. The second-order valence-electron chi connectivity index (χ2n) is 6.43. The molecule has 0 aliphatic carbocycles. The third-order valence-corrected chi connectivity index (χ3v) is 5.01. The van der Waals surface area contributed by atoms with E-state index in [0.717, 1.165) is 39.1 Å². The van der Waals surface area contributed by atoms with Crippen LogP contribution < -0.4 is 10.1 Å². The molecule has 1 fully saturated rings. The fraction of sp³-hybridized carbons (Fsp3) is 0.650. The number of hydrogen-bond acceptors (Lipinski definition) is 4. The van der Waals surface area contributed by atoms with Gasteiger partial charge in [0.05, 0.1) is 25.4 Å². The summed E-state index contributed by atoms with van der Waals surface area (Å²) in [7, 11) is 0. The van der Waals surface area contributed by atoms with Crippen molar-refractivity contribution >= 4 is 5.91 Å². The highest BCUT2D eigenvalue weighted by Gasteiger charge is 2.27. The van der Waals surface area contributed by atoms with Crippen LogP contribution in [0, 0.1) is 5.92 Å². The Morgan fingerprint density at radius 1 is 1.20 bits per heavy atom. The minimum atomic E-state index is -0.0618. The van der Waals surface area contributed by atoms with Crippen molar-refractivity contribution in [3.63, 3.8) is 0 Å². The molecular weight excluding hydrogens is 316 g/mol. The number of amides is 1. The summed E-state index contributed by atoms with van der Waals surface area (Å²) in [5.41, 5.74) is 0.606. The highest BCUT2D eigenvalue weighted by molar-refractivity contribution is 5.96. The van der Waals surface area contributed by atoms with Crippen LogP contribution in [0.2, 0.25) is 0 Å². The number of nitrogens with one attached hydrogen (secondary N) is 1. The average Bonchev–Trinajstić information content (AvgIpc) is 2.66. The number of ether oxygens (including phenoxy) is 2. The number of carbonyl (C=O) groups is 1. The van der Waals surface area contributed by atoms with Gasteiger partial charge >= 0.3 is 0 Å². The maximum absolute atomic E-state index is 12.7. The van der Waals surface area contributed by atoms with Crippen LogP contribution in [0.5, 0.6) is 5.75 Å². The van der Waals surface area contributed by atoms with E-state index in [1.807, 2.05) is 31.2 Å². The first-order valence-electron chi connectivity index (χ1n) is 9.53. The van der Waals surface area contributed by atoms with E-state index in [1.54, 1.807) is 0 Å². The van der Waals surface area contributed by atoms with Gasteiger partial charge in [-0.25, -0.2) is 0 Å². The van der Waals surface area contributed by atoms with Gasteiger partial charge in [-0.3, -0.25) is 9.69 Å². The molecule has 5 nitrogen and oxygen atoms in total. The molecule has 1 aliphatic rings. The van der Waals surface area contributed by atoms with Crippen LogP contribution in [-0.4, -0.2) is 56.3 Å². The summed E-state index contributed by atoms with van der Waals surface area (Å²) in [5.74, 6) is 1.15. The molecule has 1 heterocycles. The van der Waals surface area contributed by atoms with Crippen molar-refractivity contribution in [2.45, 2.75) is 39.7 Å². The van der Waals surface area contributed by atoms with Crippen molar-refractivity contribution in [1.82, 2.24) is 10.2 Å². The fourth-order valence-corrected chi connectivity index (χ4v) is 3.56. The van der Waals surface area contributed by atoms with E-state index in [0.29, 0.717) is 36.4 Å². The highest BCUT2D eigenvalue weighted by atomic mass is 16.5. The predicted molar refractivity (Wildman–Crippen MR) is 100 cm³/mol. The molecule has 1 atom stereocenters. The maximum Gasteiger partial charge on any atom is 0.255 e. The number of nitrogens with zero attached hydrogens (tertiary/aromatic N) is 1. The zero-order valence-corrected chi connectivity index (χ0v) is 15.8. The normalized spacial score (nSPS) is 16.6. The Bertz CT molecular complexity index is 525. The van der Waals surface area contributed by atoms with Gasteiger partial charge in [0.15, 0.2) is 0 Å². The van der Waals surface area contributed by atoms with Crippen LogP contribution in [0.25, 0.3) is 0 Å². The quantitative estimate of drug-likeness (QED) is 0.745. The SMILES string of the molecule is CCOc1ccccc1C(=O)NCC(C(CC)CC)N1CCOCC1. The Morgan fingerprint density at radius 3 is 2.52 bits per heavy atom. The first-order chi connectivity index (χ1) is 12.2. The van der Waals surface area contributed by atoms with Crippen molar-refractivity contribution in [1.29, 1.82) is 0 Å². The van der Waals surface area contributed by atoms with E-state index in [-0.39, 0.29) is 5.91 Å². The minimum Gasteiger partial charge on any atom is -0.493 e. The van der Waals surface area contributed by atoms with E-state index in [2.05, 4.69) is 24.1 Å². The summed E-state index contributed by atoms with van der Waals surface area (Å²) in [6.07, 6.45) is 2.23. The van der Waals surface area contributed by atoms with Crippen molar-refractivity contribution in [2.75, 3.05) is 39.5 Å². The summed E-state index contributed by atoms with van der Waals surface area (Å²) >= 11 is 0. The number of morpholine rings is 1. The van der Waals surface area contributed by atoms with Crippen molar-refractivity contribution in [3.05, 3.63) is 29.8 Å². The van der Waals surface area contributed by atoms with Crippen molar-refractivity contribution in [2.24, 2.45) is 5.92 Å². The van der Waals surface area contributed by atoms with Crippen LogP contribution in [0.1, 0.15) is 44.0 Å². The third-order valence-electron chi connectivity index (χ3n) is 5.01. The largest absolute Gasteiger partial charge is 0.493 e. The van der Waals surface area contributed by atoms with Gasteiger partial charge in [0.1, 0.15) is 5.75 Å². The molecule has 1 N–H and O–H groups in total. The van der Waals surface area contributed by atoms with Gasteiger partial charge in [0.25, 0.3) is 5.91 Å². The van der Waals surface area contributed by atoms with E-state index >= 15 is 0 Å². The molecule has 25 heavy (non-hydrogen) atoms. The van der Waals surface area contributed by atoms with E-state index < -0.39 is 0 Å². The topological polar surface area (TPSA) is 50.8 Å². The van der Waals surface area contributed by atoms with E-state index in [1.165, 1.54) is 0 Å². The molecular formula is C20H32N2O3.